The van der Waals surface area contributed by atoms with Gasteiger partial charge in [0.2, 0.25) is 0 Å². The van der Waals surface area contributed by atoms with Gasteiger partial charge in [-0.1, -0.05) is 179 Å². The average molecular weight is 851 g/mol. The topological polar surface area (TPSA) is 135 Å². The summed E-state index contributed by atoms with van der Waals surface area (Å²) in [5, 5.41) is 40.2. The summed E-state index contributed by atoms with van der Waals surface area (Å²) < 4.78 is 22.9. The van der Waals surface area contributed by atoms with E-state index in [-0.39, 0.29) is 19.2 Å². The van der Waals surface area contributed by atoms with Crippen LogP contribution in [0.25, 0.3) is 0 Å². The summed E-state index contributed by atoms with van der Waals surface area (Å²) in [5.74, 6) is -0.321. The lowest BCUT2D eigenvalue weighted by Gasteiger charge is -2.39. The lowest BCUT2D eigenvalue weighted by molar-refractivity contribution is -0.305. The van der Waals surface area contributed by atoms with E-state index < -0.39 is 43.4 Å². The fourth-order valence-corrected chi connectivity index (χ4v) is 7.58. The van der Waals surface area contributed by atoms with Crippen molar-refractivity contribution < 1.29 is 44.2 Å². The number of ether oxygens (including phenoxy) is 4. The molecule has 1 saturated heterocycles. The van der Waals surface area contributed by atoms with Crippen molar-refractivity contribution in [1.29, 1.82) is 0 Å². The number of hydrogen-bond donors (Lipinski definition) is 4. The normalized spacial score (nSPS) is 20.3. The zero-order chi connectivity index (χ0) is 43.6. The SMILES string of the molecule is CCCCCC/C=C\C/C=C\CCCCCCCCCC(=O)OC(COCCCCCCCCCC/C=C\CCCCCCCCC)COC1OC(CO)C(O)C(O)C1O. The van der Waals surface area contributed by atoms with Crippen molar-refractivity contribution in [2.45, 2.75) is 256 Å². The number of hydrogen-bond acceptors (Lipinski definition) is 9. The third kappa shape index (κ3) is 33.0. The highest BCUT2D eigenvalue weighted by Crippen LogP contribution is 2.23. The molecule has 1 rings (SSSR count). The first-order valence-corrected chi connectivity index (χ1v) is 25.1. The van der Waals surface area contributed by atoms with Gasteiger partial charge in [0.1, 0.15) is 30.5 Å². The van der Waals surface area contributed by atoms with Crippen LogP contribution in [0.2, 0.25) is 0 Å². The summed E-state index contributed by atoms with van der Waals surface area (Å²) in [6, 6.07) is 0. The third-order valence-corrected chi connectivity index (χ3v) is 11.5. The Morgan fingerprint density at radius 1 is 0.533 bits per heavy atom. The predicted octanol–water partition coefficient (Wildman–Crippen LogP) is 11.9. The van der Waals surface area contributed by atoms with E-state index in [0.717, 1.165) is 44.9 Å². The summed E-state index contributed by atoms with van der Waals surface area (Å²) >= 11 is 0. The average Bonchev–Trinajstić information content (AvgIpc) is 3.25. The van der Waals surface area contributed by atoms with Crippen molar-refractivity contribution >= 4 is 5.97 Å². The molecule has 0 saturated carbocycles. The molecule has 352 valence electrons. The number of carbonyl (C=O) groups excluding carboxylic acids is 1. The highest BCUT2D eigenvalue weighted by Gasteiger charge is 2.44. The van der Waals surface area contributed by atoms with Crippen LogP contribution in [-0.2, 0) is 23.7 Å². The molecule has 9 nitrogen and oxygen atoms in total. The minimum Gasteiger partial charge on any atom is -0.457 e. The molecular weight excluding hydrogens is 757 g/mol. The van der Waals surface area contributed by atoms with Crippen molar-refractivity contribution in [3.63, 3.8) is 0 Å². The second-order valence-corrected chi connectivity index (χ2v) is 17.3. The van der Waals surface area contributed by atoms with Crippen molar-refractivity contribution in [3.8, 4) is 0 Å². The van der Waals surface area contributed by atoms with Gasteiger partial charge in [0.05, 0.1) is 19.8 Å². The standard InChI is InChI=1S/C51H94O9/c1-3-5-7-9-11-13-15-17-19-21-23-25-27-29-31-33-35-37-39-41-57-43-45(44-58-51-50(56)49(55)48(54)46(42-52)60-51)59-47(53)40-38-36-34-32-30-28-26-24-22-20-18-16-14-12-10-8-6-4-2/h14,16,19-22,45-46,48-52,54-56H,3-13,15,17-18,23-44H2,1-2H3/b16-14-,21-19-,22-20-. The Kier molecular flexibility index (Phi) is 40.2. The Morgan fingerprint density at radius 2 is 0.967 bits per heavy atom. The third-order valence-electron chi connectivity index (χ3n) is 11.5. The largest absolute Gasteiger partial charge is 0.457 e. The zero-order valence-electron chi connectivity index (χ0n) is 38.7. The van der Waals surface area contributed by atoms with E-state index in [4.69, 9.17) is 18.9 Å². The highest BCUT2D eigenvalue weighted by atomic mass is 16.7. The van der Waals surface area contributed by atoms with Gasteiger partial charge in [-0.15, -0.1) is 0 Å². The first kappa shape index (κ1) is 56.4. The van der Waals surface area contributed by atoms with Crippen LogP contribution in [0.4, 0.5) is 0 Å². The molecule has 0 bridgehead atoms. The van der Waals surface area contributed by atoms with Crippen LogP contribution in [0.5, 0.6) is 0 Å². The summed E-state index contributed by atoms with van der Waals surface area (Å²) in [7, 11) is 0. The molecular formula is C51H94O9. The molecule has 9 heteroatoms. The number of aliphatic hydroxyl groups excluding tert-OH is 4. The Balaban J connectivity index is 2.23. The van der Waals surface area contributed by atoms with Gasteiger partial charge in [-0.3, -0.25) is 4.79 Å². The number of rotatable bonds is 43. The van der Waals surface area contributed by atoms with Crippen molar-refractivity contribution in [2.75, 3.05) is 26.4 Å². The maximum atomic E-state index is 12.8. The van der Waals surface area contributed by atoms with E-state index >= 15 is 0 Å². The van der Waals surface area contributed by atoms with Crippen LogP contribution in [0, 0.1) is 0 Å². The smallest absolute Gasteiger partial charge is 0.306 e. The van der Waals surface area contributed by atoms with Crippen LogP contribution < -0.4 is 0 Å². The lowest BCUT2D eigenvalue weighted by Crippen LogP contribution is -2.59. The van der Waals surface area contributed by atoms with E-state index in [1.165, 1.54) is 154 Å². The summed E-state index contributed by atoms with van der Waals surface area (Å²) in [4.78, 5) is 12.8. The minimum absolute atomic E-state index is 0.117. The van der Waals surface area contributed by atoms with Crippen LogP contribution in [0.15, 0.2) is 36.5 Å². The number of allylic oxidation sites excluding steroid dienone is 6. The Bertz CT molecular complexity index is 1010. The minimum atomic E-state index is -1.54. The van der Waals surface area contributed by atoms with Crippen molar-refractivity contribution in [3.05, 3.63) is 36.5 Å². The van der Waals surface area contributed by atoms with Crippen LogP contribution in [0.1, 0.15) is 219 Å². The number of esters is 1. The summed E-state index contributed by atoms with van der Waals surface area (Å²) in [6.07, 6.45) is 44.5. The molecule has 1 aliphatic heterocycles. The van der Waals surface area contributed by atoms with Gasteiger partial charge < -0.3 is 39.4 Å². The van der Waals surface area contributed by atoms with E-state index in [2.05, 4.69) is 50.3 Å². The van der Waals surface area contributed by atoms with Gasteiger partial charge in [0, 0.05) is 13.0 Å². The molecule has 0 radical (unpaired) electrons. The van der Waals surface area contributed by atoms with E-state index in [1.807, 2.05) is 0 Å². The van der Waals surface area contributed by atoms with Crippen molar-refractivity contribution in [1.82, 2.24) is 0 Å². The van der Waals surface area contributed by atoms with E-state index in [0.29, 0.717) is 13.0 Å². The van der Waals surface area contributed by atoms with E-state index in [1.54, 1.807) is 0 Å². The number of carbonyl (C=O) groups is 1. The molecule has 0 aliphatic carbocycles. The maximum absolute atomic E-state index is 12.8. The zero-order valence-corrected chi connectivity index (χ0v) is 38.7. The van der Waals surface area contributed by atoms with Crippen molar-refractivity contribution in [2.24, 2.45) is 0 Å². The second-order valence-electron chi connectivity index (χ2n) is 17.3. The van der Waals surface area contributed by atoms with Crippen LogP contribution in [-0.4, -0.2) is 89.6 Å². The van der Waals surface area contributed by atoms with Crippen LogP contribution >= 0.6 is 0 Å². The lowest BCUT2D eigenvalue weighted by atomic mass is 9.99. The van der Waals surface area contributed by atoms with Gasteiger partial charge in [-0.25, -0.2) is 0 Å². The van der Waals surface area contributed by atoms with Gasteiger partial charge >= 0.3 is 5.97 Å². The fraction of sp³-hybridized carbons (Fsp3) is 0.863. The molecule has 0 aromatic rings. The molecule has 1 heterocycles. The molecule has 0 spiro atoms. The quantitative estimate of drug-likeness (QED) is 0.0269. The first-order valence-electron chi connectivity index (χ1n) is 25.1. The van der Waals surface area contributed by atoms with Crippen LogP contribution in [0.3, 0.4) is 0 Å². The highest BCUT2D eigenvalue weighted by molar-refractivity contribution is 5.69. The molecule has 0 amide bonds. The van der Waals surface area contributed by atoms with Gasteiger partial charge in [-0.05, 0) is 70.6 Å². The molecule has 1 aliphatic rings. The molecule has 1 fully saturated rings. The summed E-state index contributed by atoms with van der Waals surface area (Å²) in [5.41, 5.74) is 0. The number of unbranched alkanes of at least 4 members (excludes halogenated alkanes) is 26. The predicted molar refractivity (Wildman–Crippen MR) is 247 cm³/mol. The Labute approximate surface area is 368 Å². The molecule has 6 unspecified atom stereocenters. The fourth-order valence-electron chi connectivity index (χ4n) is 7.58. The molecule has 4 N–H and O–H groups in total. The monoisotopic (exact) mass is 851 g/mol. The first-order chi connectivity index (χ1) is 29.4. The van der Waals surface area contributed by atoms with Gasteiger partial charge in [0.25, 0.3) is 0 Å². The van der Waals surface area contributed by atoms with E-state index in [9.17, 15) is 25.2 Å². The molecule has 6 atom stereocenters. The maximum Gasteiger partial charge on any atom is 0.306 e. The second kappa shape index (κ2) is 42.7. The summed E-state index contributed by atoms with van der Waals surface area (Å²) in [6.45, 7) is 4.55. The Morgan fingerprint density at radius 3 is 1.47 bits per heavy atom. The molecule has 0 aromatic heterocycles. The number of aliphatic hydroxyl groups is 4. The van der Waals surface area contributed by atoms with Gasteiger partial charge in [-0.2, -0.15) is 0 Å². The molecule has 60 heavy (non-hydrogen) atoms. The molecule has 0 aromatic carbocycles. The Hall–Kier alpha value is -1.59. The van der Waals surface area contributed by atoms with Gasteiger partial charge in [0.15, 0.2) is 6.29 Å².